The lowest BCUT2D eigenvalue weighted by Gasteiger charge is -2.36. The molecule has 3 nitrogen and oxygen atoms in total. The molecule has 0 aromatic carbocycles. The Hall–Kier alpha value is -0.120. The summed E-state index contributed by atoms with van der Waals surface area (Å²) < 4.78 is 10.8. The zero-order chi connectivity index (χ0) is 8.16. The van der Waals surface area contributed by atoms with Gasteiger partial charge in [-0.25, -0.2) is 0 Å². The third-order valence-electron chi connectivity index (χ3n) is 2.19. The van der Waals surface area contributed by atoms with Gasteiger partial charge >= 0.3 is 0 Å². The van der Waals surface area contributed by atoms with Crippen LogP contribution < -0.4 is 5.32 Å². The highest BCUT2D eigenvalue weighted by Crippen LogP contribution is 2.17. The van der Waals surface area contributed by atoms with Crippen molar-refractivity contribution in [2.45, 2.75) is 18.9 Å². The number of ether oxygens (including phenoxy) is 2. The summed E-state index contributed by atoms with van der Waals surface area (Å²) in [4.78, 5) is 0. The van der Waals surface area contributed by atoms with Crippen molar-refractivity contribution >= 4 is 0 Å². The van der Waals surface area contributed by atoms with Gasteiger partial charge in [0.2, 0.25) is 0 Å². The van der Waals surface area contributed by atoms with Gasteiger partial charge < -0.3 is 14.8 Å². The number of methoxy groups -OCH3 is 1. The van der Waals surface area contributed by atoms with Crippen molar-refractivity contribution in [3.63, 3.8) is 0 Å². The molecule has 1 rings (SSSR count). The van der Waals surface area contributed by atoms with Gasteiger partial charge in [-0.2, -0.15) is 0 Å². The smallest absolute Gasteiger partial charge is 0.104 e. The van der Waals surface area contributed by atoms with Gasteiger partial charge in [0.15, 0.2) is 0 Å². The Balaban J connectivity index is 2.42. The van der Waals surface area contributed by atoms with Gasteiger partial charge in [-0.3, -0.25) is 0 Å². The van der Waals surface area contributed by atoms with Gasteiger partial charge in [0.25, 0.3) is 0 Å². The van der Waals surface area contributed by atoms with Crippen LogP contribution in [0.4, 0.5) is 0 Å². The van der Waals surface area contributed by atoms with Gasteiger partial charge in [-0.1, -0.05) is 6.92 Å². The van der Waals surface area contributed by atoms with E-state index >= 15 is 0 Å². The summed E-state index contributed by atoms with van der Waals surface area (Å²) in [5.41, 5.74) is -0.0625. The van der Waals surface area contributed by atoms with E-state index in [1.165, 1.54) is 0 Å². The molecule has 0 aliphatic carbocycles. The topological polar surface area (TPSA) is 30.5 Å². The number of nitrogens with one attached hydrogen (secondary N) is 1. The van der Waals surface area contributed by atoms with Crippen LogP contribution in [0.25, 0.3) is 0 Å². The molecule has 1 aliphatic heterocycles. The third-order valence-corrected chi connectivity index (χ3v) is 2.19. The molecule has 66 valence electrons. The van der Waals surface area contributed by atoms with Crippen LogP contribution in [-0.2, 0) is 9.47 Å². The van der Waals surface area contributed by atoms with E-state index in [4.69, 9.17) is 9.47 Å². The Kier molecular flexibility index (Phi) is 3.30. The fourth-order valence-electron chi connectivity index (χ4n) is 1.39. The highest BCUT2D eigenvalue weighted by atomic mass is 16.5. The first-order valence-electron chi connectivity index (χ1n) is 4.16. The minimum Gasteiger partial charge on any atom is -0.382 e. The van der Waals surface area contributed by atoms with Crippen LogP contribution in [0, 0.1) is 0 Å². The second-order valence-electron chi connectivity index (χ2n) is 2.99. The molecule has 0 aromatic rings. The summed E-state index contributed by atoms with van der Waals surface area (Å²) in [6, 6.07) is 0. The molecule has 1 atom stereocenters. The molecule has 1 saturated heterocycles. The van der Waals surface area contributed by atoms with Crippen molar-refractivity contribution in [1.29, 1.82) is 0 Å². The molecule has 3 heteroatoms. The second kappa shape index (κ2) is 4.04. The lowest BCUT2D eigenvalue weighted by molar-refractivity contribution is -0.106. The Morgan fingerprint density at radius 2 is 2.45 bits per heavy atom. The zero-order valence-corrected chi connectivity index (χ0v) is 7.35. The number of hydrogen-bond acceptors (Lipinski definition) is 3. The molecule has 0 amide bonds. The van der Waals surface area contributed by atoms with Crippen LogP contribution in [0.5, 0.6) is 0 Å². The fourth-order valence-corrected chi connectivity index (χ4v) is 1.39. The van der Waals surface area contributed by atoms with Crippen LogP contribution in [0.15, 0.2) is 0 Å². The molecule has 0 bridgehead atoms. The average molecular weight is 159 g/mol. The van der Waals surface area contributed by atoms with E-state index in [0.717, 1.165) is 26.1 Å². The standard InChI is InChI=1S/C8H17NO2/c1-3-8(7-10-2)6-9-4-5-11-8/h9H,3-7H2,1-2H3. The van der Waals surface area contributed by atoms with Gasteiger partial charge in [0.05, 0.1) is 13.2 Å². The molecular formula is C8H17NO2. The Morgan fingerprint density at radius 1 is 1.64 bits per heavy atom. The van der Waals surface area contributed by atoms with Crippen molar-refractivity contribution in [1.82, 2.24) is 5.32 Å². The van der Waals surface area contributed by atoms with Crippen molar-refractivity contribution in [3.05, 3.63) is 0 Å². The zero-order valence-electron chi connectivity index (χ0n) is 7.35. The Labute approximate surface area is 68.1 Å². The molecule has 0 spiro atoms. The molecular weight excluding hydrogens is 142 g/mol. The van der Waals surface area contributed by atoms with Gasteiger partial charge in [-0.15, -0.1) is 0 Å². The first-order chi connectivity index (χ1) is 5.33. The van der Waals surface area contributed by atoms with Crippen molar-refractivity contribution in [3.8, 4) is 0 Å². The highest BCUT2D eigenvalue weighted by molar-refractivity contribution is 4.84. The molecule has 1 N–H and O–H groups in total. The maximum atomic E-state index is 5.67. The predicted octanol–water partition coefficient (Wildman–Crippen LogP) is 0.401. The van der Waals surface area contributed by atoms with Crippen LogP contribution in [0.3, 0.4) is 0 Å². The number of morpholine rings is 1. The minimum atomic E-state index is -0.0625. The highest BCUT2D eigenvalue weighted by Gasteiger charge is 2.30. The monoisotopic (exact) mass is 159 g/mol. The number of rotatable bonds is 3. The average Bonchev–Trinajstić information content (AvgIpc) is 2.07. The summed E-state index contributed by atoms with van der Waals surface area (Å²) in [5.74, 6) is 0. The van der Waals surface area contributed by atoms with Crippen LogP contribution >= 0.6 is 0 Å². The lowest BCUT2D eigenvalue weighted by atomic mass is 10.0. The summed E-state index contributed by atoms with van der Waals surface area (Å²) in [7, 11) is 1.72. The third kappa shape index (κ3) is 2.15. The fraction of sp³-hybridized carbons (Fsp3) is 1.00. The molecule has 0 radical (unpaired) electrons. The van der Waals surface area contributed by atoms with E-state index in [1.54, 1.807) is 7.11 Å². The minimum absolute atomic E-state index is 0.0625. The quantitative estimate of drug-likeness (QED) is 0.646. The normalized spacial score (nSPS) is 32.2. The van der Waals surface area contributed by atoms with Crippen molar-refractivity contribution in [2.24, 2.45) is 0 Å². The van der Waals surface area contributed by atoms with E-state index in [1.807, 2.05) is 0 Å². The van der Waals surface area contributed by atoms with Crippen molar-refractivity contribution < 1.29 is 9.47 Å². The van der Waals surface area contributed by atoms with Crippen molar-refractivity contribution in [2.75, 3.05) is 33.4 Å². The van der Waals surface area contributed by atoms with E-state index in [0.29, 0.717) is 6.61 Å². The Bertz CT molecular complexity index is 105. The summed E-state index contributed by atoms with van der Waals surface area (Å²) in [6.07, 6.45) is 1.01. The summed E-state index contributed by atoms with van der Waals surface area (Å²) in [5, 5.41) is 3.31. The molecule has 1 aliphatic rings. The Morgan fingerprint density at radius 3 is 2.91 bits per heavy atom. The summed E-state index contributed by atoms with van der Waals surface area (Å²) in [6.45, 7) is 5.50. The van der Waals surface area contributed by atoms with E-state index < -0.39 is 0 Å². The maximum absolute atomic E-state index is 5.67. The summed E-state index contributed by atoms with van der Waals surface area (Å²) >= 11 is 0. The molecule has 1 unspecified atom stereocenters. The van der Waals surface area contributed by atoms with E-state index in [2.05, 4.69) is 12.2 Å². The molecule has 11 heavy (non-hydrogen) atoms. The molecule has 0 aromatic heterocycles. The lowest BCUT2D eigenvalue weighted by Crippen LogP contribution is -2.52. The van der Waals surface area contributed by atoms with Gasteiger partial charge in [0.1, 0.15) is 5.60 Å². The largest absolute Gasteiger partial charge is 0.382 e. The van der Waals surface area contributed by atoms with E-state index in [9.17, 15) is 0 Å². The number of hydrogen-bond donors (Lipinski definition) is 1. The second-order valence-corrected chi connectivity index (χ2v) is 2.99. The first kappa shape index (κ1) is 8.97. The molecule has 1 heterocycles. The van der Waals surface area contributed by atoms with Gasteiger partial charge in [-0.05, 0) is 6.42 Å². The van der Waals surface area contributed by atoms with Crippen LogP contribution in [0.1, 0.15) is 13.3 Å². The van der Waals surface area contributed by atoms with Crippen LogP contribution in [-0.4, -0.2) is 39.0 Å². The first-order valence-corrected chi connectivity index (χ1v) is 4.16. The predicted molar refractivity (Wildman–Crippen MR) is 43.7 cm³/mol. The maximum Gasteiger partial charge on any atom is 0.104 e. The van der Waals surface area contributed by atoms with Crippen LogP contribution in [0.2, 0.25) is 0 Å². The SMILES string of the molecule is CCC1(COC)CNCCO1. The van der Waals surface area contributed by atoms with E-state index in [-0.39, 0.29) is 5.60 Å². The molecule has 1 fully saturated rings. The molecule has 0 saturated carbocycles. The van der Waals surface area contributed by atoms with Gasteiger partial charge in [0, 0.05) is 20.2 Å².